The van der Waals surface area contributed by atoms with E-state index in [-0.39, 0.29) is 23.1 Å². The van der Waals surface area contributed by atoms with E-state index in [1.54, 1.807) is 11.8 Å². The molecule has 2 amide bonds. The molecule has 1 N–H and O–H groups in total. The van der Waals surface area contributed by atoms with Crippen LogP contribution in [0.25, 0.3) is 0 Å². The Kier molecular flexibility index (Phi) is 8.41. The summed E-state index contributed by atoms with van der Waals surface area (Å²) >= 11 is 1.59. The third-order valence-electron chi connectivity index (χ3n) is 5.50. The van der Waals surface area contributed by atoms with E-state index in [0.29, 0.717) is 18.1 Å². The molecule has 0 bridgehead atoms. The summed E-state index contributed by atoms with van der Waals surface area (Å²) < 4.78 is 5.77. The van der Waals surface area contributed by atoms with Gasteiger partial charge in [0.05, 0.1) is 18.0 Å². The van der Waals surface area contributed by atoms with E-state index < -0.39 is 0 Å². The van der Waals surface area contributed by atoms with E-state index in [4.69, 9.17) is 4.74 Å². The number of nitrogens with zero attached hydrogens (tertiary/aromatic N) is 1. The molecule has 1 aliphatic heterocycles. The van der Waals surface area contributed by atoms with E-state index in [2.05, 4.69) is 19.2 Å². The Morgan fingerprint density at radius 3 is 2.74 bits per heavy atom. The van der Waals surface area contributed by atoms with E-state index >= 15 is 0 Å². The van der Waals surface area contributed by atoms with Crippen molar-refractivity contribution in [1.29, 1.82) is 0 Å². The average molecular weight is 441 g/mol. The summed E-state index contributed by atoms with van der Waals surface area (Å²) in [4.78, 5) is 27.3. The monoisotopic (exact) mass is 440 g/mol. The van der Waals surface area contributed by atoms with Gasteiger partial charge >= 0.3 is 0 Å². The fourth-order valence-electron chi connectivity index (χ4n) is 3.85. The van der Waals surface area contributed by atoms with E-state index in [1.807, 2.05) is 60.4 Å². The second kappa shape index (κ2) is 11.2. The molecule has 2 aromatic carbocycles. The van der Waals surface area contributed by atoms with Crippen LogP contribution >= 0.6 is 11.8 Å². The number of nitrogens with one attached hydrogen (secondary N) is 1. The lowest BCUT2D eigenvalue weighted by atomic mass is 9.98. The molecular formula is C25H32N2O3S. The third kappa shape index (κ3) is 5.62. The van der Waals surface area contributed by atoms with Crippen LogP contribution in [0.15, 0.2) is 48.5 Å². The van der Waals surface area contributed by atoms with Crippen LogP contribution < -0.4 is 15.0 Å². The number of rotatable bonds is 10. The van der Waals surface area contributed by atoms with Crippen molar-refractivity contribution in [2.75, 3.05) is 22.6 Å². The first-order valence-electron chi connectivity index (χ1n) is 11.1. The van der Waals surface area contributed by atoms with E-state index in [9.17, 15) is 9.59 Å². The lowest BCUT2D eigenvalue weighted by Crippen LogP contribution is -2.28. The largest absolute Gasteiger partial charge is 0.492 e. The molecule has 0 saturated carbocycles. The van der Waals surface area contributed by atoms with Gasteiger partial charge in [0.1, 0.15) is 11.1 Å². The summed E-state index contributed by atoms with van der Waals surface area (Å²) in [6.07, 6.45) is 3.89. The number of carbonyl (C=O) groups is 2. The maximum atomic E-state index is 12.8. The minimum Gasteiger partial charge on any atom is -0.492 e. The quantitative estimate of drug-likeness (QED) is 0.491. The van der Waals surface area contributed by atoms with Gasteiger partial charge in [0, 0.05) is 11.6 Å². The first-order valence-corrected chi connectivity index (χ1v) is 12.2. The van der Waals surface area contributed by atoms with Crippen molar-refractivity contribution in [3.05, 3.63) is 54.1 Å². The highest BCUT2D eigenvalue weighted by molar-refractivity contribution is 8.00. The maximum Gasteiger partial charge on any atom is 0.238 e. The van der Waals surface area contributed by atoms with Gasteiger partial charge in [-0.2, -0.15) is 0 Å². The lowest BCUT2D eigenvalue weighted by molar-refractivity contribution is -0.120. The zero-order valence-corrected chi connectivity index (χ0v) is 19.4. The van der Waals surface area contributed by atoms with Crippen molar-refractivity contribution in [3.63, 3.8) is 0 Å². The van der Waals surface area contributed by atoms with Gasteiger partial charge < -0.3 is 10.1 Å². The smallest absolute Gasteiger partial charge is 0.238 e. The minimum atomic E-state index is -0.159. The van der Waals surface area contributed by atoms with Crippen molar-refractivity contribution in [2.24, 2.45) is 5.92 Å². The molecule has 0 radical (unpaired) electrons. The van der Waals surface area contributed by atoms with Crippen LogP contribution in [0.5, 0.6) is 5.75 Å². The molecule has 0 aromatic heterocycles. The molecule has 2 aromatic rings. The molecule has 1 saturated heterocycles. The Bertz CT molecular complexity index is 902. The van der Waals surface area contributed by atoms with Crippen LogP contribution in [0.2, 0.25) is 0 Å². The third-order valence-corrected chi connectivity index (χ3v) is 6.71. The molecule has 166 valence electrons. The van der Waals surface area contributed by atoms with Gasteiger partial charge in [-0.05, 0) is 49.6 Å². The predicted molar refractivity (Wildman–Crippen MR) is 129 cm³/mol. The van der Waals surface area contributed by atoms with Gasteiger partial charge in [0.25, 0.3) is 0 Å². The van der Waals surface area contributed by atoms with Gasteiger partial charge in [0.15, 0.2) is 0 Å². The normalized spacial score (nSPS) is 16.9. The van der Waals surface area contributed by atoms with Crippen LogP contribution in [0.1, 0.15) is 57.4 Å². The second-order valence-corrected chi connectivity index (χ2v) is 8.76. The predicted octanol–water partition coefficient (Wildman–Crippen LogP) is 6.02. The topological polar surface area (TPSA) is 58.6 Å². The summed E-state index contributed by atoms with van der Waals surface area (Å²) in [5.74, 6) is 1.28. The number of unbranched alkanes of at least 4 members (excludes halogenated alkanes) is 1. The maximum absolute atomic E-state index is 12.8. The summed E-state index contributed by atoms with van der Waals surface area (Å²) in [5.41, 5.74) is 2.54. The van der Waals surface area contributed by atoms with Crippen LogP contribution in [0.4, 0.5) is 11.4 Å². The van der Waals surface area contributed by atoms with Crippen molar-refractivity contribution in [1.82, 2.24) is 0 Å². The zero-order chi connectivity index (χ0) is 22.2. The fourth-order valence-corrected chi connectivity index (χ4v) is 5.01. The number of carbonyl (C=O) groups excluding carboxylic acids is 2. The standard InChI is InChI=1S/C25H32N2O3S/c1-4-7-11-18(5-2)24(29)26-20-13-10-12-19(16-20)25-27(23(28)17-31-25)21-14-8-9-15-22(21)30-6-3/h8-10,12-16,18,25H,4-7,11,17H2,1-3H3,(H,26,29)/t18-,25+/m1/s1. The summed E-state index contributed by atoms with van der Waals surface area (Å²) in [7, 11) is 0. The zero-order valence-electron chi connectivity index (χ0n) is 18.6. The molecule has 1 aliphatic rings. The average Bonchev–Trinajstić information content (AvgIpc) is 3.16. The molecule has 5 nitrogen and oxygen atoms in total. The van der Waals surface area contributed by atoms with Crippen LogP contribution in [0.3, 0.4) is 0 Å². The number of hydrogen-bond acceptors (Lipinski definition) is 4. The van der Waals surface area contributed by atoms with Crippen LogP contribution in [-0.2, 0) is 9.59 Å². The van der Waals surface area contributed by atoms with Crippen LogP contribution in [-0.4, -0.2) is 24.2 Å². The molecule has 31 heavy (non-hydrogen) atoms. The Morgan fingerprint density at radius 2 is 2.00 bits per heavy atom. The molecule has 6 heteroatoms. The first kappa shape index (κ1) is 23.2. The molecule has 0 aliphatic carbocycles. The molecule has 2 atom stereocenters. The van der Waals surface area contributed by atoms with Crippen molar-refractivity contribution in [3.8, 4) is 5.75 Å². The summed E-state index contributed by atoms with van der Waals surface area (Å²) in [6.45, 7) is 6.68. The Morgan fingerprint density at radius 1 is 1.19 bits per heavy atom. The highest BCUT2D eigenvalue weighted by atomic mass is 32.2. The number of amides is 2. The Hall–Kier alpha value is -2.47. The molecule has 3 rings (SSSR count). The van der Waals surface area contributed by atoms with Crippen molar-refractivity contribution < 1.29 is 14.3 Å². The van der Waals surface area contributed by atoms with Gasteiger partial charge in [0.2, 0.25) is 11.8 Å². The van der Waals surface area contributed by atoms with Crippen LogP contribution in [0, 0.1) is 5.92 Å². The SMILES string of the molecule is CCCC[C@@H](CC)C(=O)Nc1cccc([C@@H]2SCC(=O)N2c2ccccc2OCC)c1. The second-order valence-electron chi connectivity index (χ2n) is 7.69. The molecule has 0 unspecified atom stereocenters. The number of benzene rings is 2. The number of hydrogen-bond donors (Lipinski definition) is 1. The molecule has 0 spiro atoms. The molecule has 1 fully saturated rings. The highest BCUT2D eigenvalue weighted by Crippen LogP contribution is 2.45. The summed E-state index contributed by atoms with van der Waals surface area (Å²) in [5, 5.41) is 2.93. The minimum absolute atomic E-state index is 0.0283. The van der Waals surface area contributed by atoms with E-state index in [0.717, 1.165) is 42.6 Å². The number of anilines is 2. The lowest BCUT2D eigenvalue weighted by Gasteiger charge is -2.26. The number of thioether (sulfide) groups is 1. The van der Waals surface area contributed by atoms with Gasteiger partial charge in [-0.1, -0.05) is 51.0 Å². The summed E-state index contributed by atoms with van der Waals surface area (Å²) in [6, 6.07) is 15.5. The van der Waals surface area contributed by atoms with Gasteiger partial charge in [-0.15, -0.1) is 11.8 Å². The number of para-hydroxylation sites is 2. The number of ether oxygens (including phenoxy) is 1. The highest BCUT2D eigenvalue weighted by Gasteiger charge is 2.35. The van der Waals surface area contributed by atoms with Crippen molar-refractivity contribution in [2.45, 2.75) is 51.8 Å². The molecular weight excluding hydrogens is 408 g/mol. The van der Waals surface area contributed by atoms with Gasteiger partial charge in [-0.3, -0.25) is 14.5 Å². The molecule has 1 heterocycles. The van der Waals surface area contributed by atoms with Crippen molar-refractivity contribution >= 4 is 35.0 Å². The van der Waals surface area contributed by atoms with Gasteiger partial charge in [-0.25, -0.2) is 0 Å². The Labute approximate surface area is 189 Å². The first-order chi connectivity index (χ1) is 15.1. The van der Waals surface area contributed by atoms with E-state index in [1.165, 1.54) is 0 Å². The Balaban J connectivity index is 1.83. The fraction of sp³-hybridized carbons (Fsp3) is 0.440.